The zero-order valence-electron chi connectivity index (χ0n) is 14.6. The molecule has 0 aromatic carbocycles. The zero-order valence-corrected chi connectivity index (χ0v) is 16.7. The summed E-state index contributed by atoms with van der Waals surface area (Å²) in [6.07, 6.45) is 6.93. The van der Waals surface area contributed by atoms with E-state index in [1.54, 1.807) is 0 Å². The second kappa shape index (κ2) is 9.54. The monoisotopic (exact) mass is 434 g/mol. The van der Waals surface area contributed by atoms with Gasteiger partial charge in [-0.15, -0.1) is 0 Å². The van der Waals surface area contributed by atoms with Crippen molar-refractivity contribution < 1.29 is 14.2 Å². The molecule has 0 spiro atoms. The molecule has 0 aromatic rings. The SMILES string of the molecule is C=C1C[C@H](CCC2OCCO2)O[C@H]1CC[C@H](C)C[C@H](C)C(=C)I. The van der Waals surface area contributed by atoms with Crippen molar-refractivity contribution in [1.29, 1.82) is 0 Å². The predicted molar refractivity (Wildman–Crippen MR) is 103 cm³/mol. The summed E-state index contributed by atoms with van der Waals surface area (Å²) in [6, 6.07) is 0. The highest BCUT2D eigenvalue weighted by atomic mass is 127. The molecule has 132 valence electrons. The van der Waals surface area contributed by atoms with Gasteiger partial charge in [0.25, 0.3) is 0 Å². The van der Waals surface area contributed by atoms with Crippen molar-refractivity contribution in [2.45, 2.75) is 70.9 Å². The zero-order chi connectivity index (χ0) is 16.8. The van der Waals surface area contributed by atoms with Crippen LogP contribution in [0.25, 0.3) is 0 Å². The Morgan fingerprint density at radius 1 is 1.22 bits per heavy atom. The van der Waals surface area contributed by atoms with Crippen LogP contribution >= 0.6 is 22.6 Å². The second-order valence-corrected chi connectivity index (χ2v) is 8.51. The number of halogens is 1. The molecule has 0 N–H and O–H groups in total. The molecule has 0 amide bonds. The quantitative estimate of drug-likeness (QED) is 0.367. The summed E-state index contributed by atoms with van der Waals surface area (Å²) < 4.78 is 18.5. The maximum atomic E-state index is 6.21. The van der Waals surface area contributed by atoms with E-state index in [-0.39, 0.29) is 12.4 Å². The Balaban J connectivity index is 1.65. The first-order valence-electron chi connectivity index (χ1n) is 8.86. The molecule has 2 aliphatic heterocycles. The lowest BCUT2D eigenvalue weighted by molar-refractivity contribution is -0.0587. The van der Waals surface area contributed by atoms with E-state index < -0.39 is 0 Å². The highest BCUT2D eigenvalue weighted by Crippen LogP contribution is 2.33. The maximum absolute atomic E-state index is 6.21. The van der Waals surface area contributed by atoms with Gasteiger partial charge in [-0.1, -0.05) is 27.0 Å². The molecular formula is C19H31IO3. The van der Waals surface area contributed by atoms with Gasteiger partial charge in [0, 0.05) is 6.42 Å². The van der Waals surface area contributed by atoms with Crippen LogP contribution in [0.4, 0.5) is 0 Å². The fraction of sp³-hybridized carbons (Fsp3) is 0.789. The van der Waals surface area contributed by atoms with Crippen molar-refractivity contribution in [2.24, 2.45) is 11.8 Å². The minimum Gasteiger partial charge on any atom is -0.370 e. The average Bonchev–Trinajstić information content (AvgIpc) is 3.12. The van der Waals surface area contributed by atoms with E-state index in [1.807, 2.05) is 0 Å². The van der Waals surface area contributed by atoms with Crippen LogP contribution in [-0.2, 0) is 14.2 Å². The van der Waals surface area contributed by atoms with Crippen LogP contribution in [0.2, 0.25) is 0 Å². The van der Waals surface area contributed by atoms with Crippen LogP contribution in [0.3, 0.4) is 0 Å². The number of allylic oxidation sites excluding steroid dienone is 1. The van der Waals surface area contributed by atoms with Crippen molar-refractivity contribution in [3.8, 4) is 0 Å². The Morgan fingerprint density at radius 2 is 1.91 bits per heavy atom. The van der Waals surface area contributed by atoms with Gasteiger partial charge in [0.05, 0.1) is 25.4 Å². The lowest BCUT2D eigenvalue weighted by atomic mass is 9.91. The molecule has 2 heterocycles. The third-order valence-corrected chi connectivity index (χ3v) is 5.99. The number of ether oxygens (including phenoxy) is 3. The van der Waals surface area contributed by atoms with Gasteiger partial charge in [-0.2, -0.15) is 0 Å². The average molecular weight is 434 g/mol. The van der Waals surface area contributed by atoms with E-state index in [4.69, 9.17) is 14.2 Å². The fourth-order valence-electron chi connectivity index (χ4n) is 3.42. The summed E-state index contributed by atoms with van der Waals surface area (Å²) in [5.41, 5.74) is 1.27. The van der Waals surface area contributed by atoms with Crippen molar-refractivity contribution >= 4 is 22.6 Å². The molecule has 0 radical (unpaired) electrons. The Labute approximate surface area is 155 Å². The standard InChI is InChI=1S/C19H31IO3/c1-13(11-14(2)16(4)20)5-7-18-15(3)12-17(23-18)6-8-19-21-9-10-22-19/h13-14,17-19H,3-12H2,1-2H3/t13-,14-,17-,18-/m0/s1. The summed E-state index contributed by atoms with van der Waals surface area (Å²) in [5, 5.41) is 0. The van der Waals surface area contributed by atoms with Crippen LogP contribution in [0, 0.1) is 11.8 Å². The largest absolute Gasteiger partial charge is 0.370 e. The van der Waals surface area contributed by atoms with Crippen LogP contribution in [0.15, 0.2) is 22.3 Å². The first-order valence-corrected chi connectivity index (χ1v) is 9.94. The first kappa shape index (κ1) is 19.4. The summed E-state index contributed by atoms with van der Waals surface area (Å²) >= 11 is 2.35. The normalized spacial score (nSPS) is 28.2. The Kier molecular flexibility index (Phi) is 8.05. The third kappa shape index (κ3) is 6.48. The molecule has 2 fully saturated rings. The number of rotatable bonds is 9. The summed E-state index contributed by atoms with van der Waals surface area (Å²) in [7, 11) is 0. The molecule has 2 saturated heterocycles. The molecule has 0 aliphatic carbocycles. The molecular weight excluding hydrogens is 403 g/mol. The minimum absolute atomic E-state index is 0.0196. The maximum Gasteiger partial charge on any atom is 0.157 e. The van der Waals surface area contributed by atoms with E-state index >= 15 is 0 Å². The van der Waals surface area contributed by atoms with E-state index in [2.05, 4.69) is 49.6 Å². The smallest absolute Gasteiger partial charge is 0.157 e. The van der Waals surface area contributed by atoms with Gasteiger partial charge in [0.15, 0.2) is 6.29 Å². The Bertz CT molecular complexity index is 403. The molecule has 2 aliphatic rings. The minimum atomic E-state index is -0.0196. The van der Waals surface area contributed by atoms with Crippen molar-refractivity contribution in [1.82, 2.24) is 0 Å². The van der Waals surface area contributed by atoms with Crippen LogP contribution in [-0.4, -0.2) is 31.7 Å². The molecule has 0 saturated carbocycles. The first-order chi connectivity index (χ1) is 11.0. The van der Waals surface area contributed by atoms with Crippen molar-refractivity contribution in [3.05, 3.63) is 22.3 Å². The lowest BCUT2D eigenvalue weighted by Crippen LogP contribution is -2.16. The summed E-state index contributed by atoms with van der Waals surface area (Å²) in [5.74, 6) is 1.30. The molecule has 4 atom stereocenters. The van der Waals surface area contributed by atoms with Gasteiger partial charge >= 0.3 is 0 Å². The van der Waals surface area contributed by atoms with Gasteiger partial charge in [-0.05, 0) is 75.7 Å². The molecule has 3 nitrogen and oxygen atoms in total. The fourth-order valence-corrected chi connectivity index (χ4v) is 3.68. The highest BCUT2D eigenvalue weighted by molar-refractivity contribution is 14.1. The van der Waals surface area contributed by atoms with Crippen LogP contribution < -0.4 is 0 Å². The molecule has 0 bridgehead atoms. The second-order valence-electron chi connectivity index (χ2n) is 7.12. The van der Waals surface area contributed by atoms with E-state index in [1.165, 1.54) is 22.0 Å². The molecule has 23 heavy (non-hydrogen) atoms. The molecule has 4 heteroatoms. The van der Waals surface area contributed by atoms with Gasteiger partial charge in [-0.25, -0.2) is 0 Å². The van der Waals surface area contributed by atoms with Crippen LogP contribution in [0.5, 0.6) is 0 Å². The summed E-state index contributed by atoms with van der Waals surface area (Å²) in [4.78, 5) is 0. The van der Waals surface area contributed by atoms with Crippen LogP contribution in [0.1, 0.15) is 52.4 Å². The third-order valence-electron chi connectivity index (χ3n) is 4.93. The van der Waals surface area contributed by atoms with E-state index in [0.717, 1.165) is 38.9 Å². The van der Waals surface area contributed by atoms with E-state index in [0.29, 0.717) is 17.9 Å². The topological polar surface area (TPSA) is 27.7 Å². The van der Waals surface area contributed by atoms with Crippen molar-refractivity contribution in [2.75, 3.05) is 13.2 Å². The Morgan fingerprint density at radius 3 is 2.57 bits per heavy atom. The van der Waals surface area contributed by atoms with E-state index in [9.17, 15) is 0 Å². The number of hydrogen-bond donors (Lipinski definition) is 0. The van der Waals surface area contributed by atoms with Gasteiger partial charge in [-0.3, -0.25) is 0 Å². The van der Waals surface area contributed by atoms with Gasteiger partial charge in [0.1, 0.15) is 0 Å². The highest BCUT2D eigenvalue weighted by Gasteiger charge is 2.30. The molecule has 2 rings (SSSR count). The van der Waals surface area contributed by atoms with Crippen molar-refractivity contribution in [3.63, 3.8) is 0 Å². The Hall–Kier alpha value is 0.0900. The number of hydrogen-bond acceptors (Lipinski definition) is 3. The van der Waals surface area contributed by atoms with Gasteiger partial charge in [0.2, 0.25) is 0 Å². The summed E-state index contributed by atoms with van der Waals surface area (Å²) in [6.45, 7) is 14.3. The molecule has 0 unspecified atom stereocenters. The predicted octanol–water partition coefficient (Wildman–Crippen LogP) is 5.24. The van der Waals surface area contributed by atoms with Gasteiger partial charge < -0.3 is 14.2 Å². The lowest BCUT2D eigenvalue weighted by Gasteiger charge is -2.19. The molecule has 0 aromatic heterocycles.